The highest BCUT2D eigenvalue weighted by Gasteiger charge is 2.36. The Morgan fingerprint density at radius 1 is 1.24 bits per heavy atom. The number of aromatic nitrogens is 2. The predicted molar refractivity (Wildman–Crippen MR) is 146 cm³/mol. The van der Waals surface area contributed by atoms with Gasteiger partial charge in [0.15, 0.2) is 0 Å². The summed E-state index contributed by atoms with van der Waals surface area (Å²) in [5.74, 6) is 2.62. The van der Waals surface area contributed by atoms with Crippen molar-refractivity contribution >= 4 is 29.1 Å². The van der Waals surface area contributed by atoms with Crippen molar-refractivity contribution in [2.75, 3.05) is 50.6 Å². The molecule has 1 aliphatic heterocycles. The molecule has 1 aliphatic carbocycles. The van der Waals surface area contributed by atoms with Gasteiger partial charge in [-0.25, -0.2) is 4.98 Å². The minimum absolute atomic E-state index is 0.163. The molecule has 9 heteroatoms. The first kappa shape index (κ1) is 26.9. The fourth-order valence-corrected chi connectivity index (χ4v) is 4.80. The zero-order valence-corrected chi connectivity index (χ0v) is 22.9. The lowest BCUT2D eigenvalue weighted by atomic mass is 9.87. The number of nitrogens with one attached hydrogen (secondary N) is 2. The van der Waals surface area contributed by atoms with E-state index < -0.39 is 5.41 Å². The number of amides is 1. The van der Waals surface area contributed by atoms with E-state index in [1.807, 2.05) is 27.0 Å². The van der Waals surface area contributed by atoms with E-state index in [4.69, 9.17) is 9.72 Å². The smallest absolute Gasteiger partial charge is 0.251 e. The van der Waals surface area contributed by atoms with Gasteiger partial charge in [-0.2, -0.15) is 4.98 Å². The maximum absolute atomic E-state index is 12.5. The van der Waals surface area contributed by atoms with Crippen LogP contribution in [0.5, 0.6) is 5.75 Å². The third-order valence-corrected chi connectivity index (χ3v) is 7.57. The summed E-state index contributed by atoms with van der Waals surface area (Å²) in [7, 11) is 3.16. The number of methoxy groups -OCH3 is 1. The summed E-state index contributed by atoms with van der Waals surface area (Å²) in [6.07, 6.45) is 5.55. The highest BCUT2D eigenvalue weighted by atomic mass is 16.5. The fourth-order valence-electron chi connectivity index (χ4n) is 4.80. The molecule has 1 atom stereocenters. The maximum atomic E-state index is 12.5. The number of benzene rings is 1. The first-order valence-electron chi connectivity index (χ1n) is 13.1. The summed E-state index contributed by atoms with van der Waals surface area (Å²) in [4.78, 5) is 38.9. The summed E-state index contributed by atoms with van der Waals surface area (Å²) in [6.45, 7) is 11.5. The van der Waals surface area contributed by atoms with Gasteiger partial charge >= 0.3 is 0 Å². The molecule has 9 nitrogen and oxygen atoms in total. The van der Waals surface area contributed by atoms with E-state index in [-0.39, 0.29) is 17.7 Å². The Morgan fingerprint density at radius 2 is 2.00 bits per heavy atom. The third-order valence-electron chi connectivity index (χ3n) is 7.57. The Labute approximate surface area is 220 Å². The van der Waals surface area contributed by atoms with Crippen LogP contribution in [0.25, 0.3) is 0 Å². The van der Waals surface area contributed by atoms with Crippen molar-refractivity contribution in [1.29, 1.82) is 0 Å². The van der Waals surface area contributed by atoms with Crippen molar-refractivity contribution < 1.29 is 14.3 Å². The molecule has 2 N–H and O–H groups in total. The molecule has 0 spiro atoms. The van der Waals surface area contributed by atoms with Crippen LogP contribution in [-0.4, -0.2) is 72.9 Å². The van der Waals surface area contributed by atoms with E-state index in [1.54, 1.807) is 39.3 Å². The van der Waals surface area contributed by atoms with Crippen LogP contribution in [0.2, 0.25) is 0 Å². The number of ketones is 1. The molecule has 1 aromatic heterocycles. The molecule has 1 amide bonds. The van der Waals surface area contributed by atoms with Crippen LogP contribution in [0, 0.1) is 18.3 Å². The zero-order chi connectivity index (χ0) is 26.7. The summed E-state index contributed by atoms with van der Waals surface area (Å²) in [5.41, 5.74) is 1.63. The molecule has 0 radical (unpaired) electrons. The van der Waals surface area contributed by atoms with E-state index in [2.05, 4.69) is 25.4 Å². The molecule has 1 aromatic carbocycles. The van der Waals surface area contributed by atoms with Crippen molar-refractivity contribution in [3.63, 3.8) is 0 Å². The van der Waals surface area contributed by atoms with Crippen LogP contribution in [0.15, 0.2) is 24.4 Å². The van der Waals surface area contributed by atoms with E-state index >= 15 is 0 Å². The van der Waals surface area contributed by atoms with Gasteiger partial charge in [0.1, 0.15) is 17.4 Å². The van der Waals surface area contributed by atoms with Crippen LogP contribution in [0.3, 0.4) is 0 Å². The largest absolute Gasteiger partial charge is 0.495 e. The monoisotopic (exact) mass is 508 g/mol. The summed E-state index contributed by atoms with van der Waals surface area (Å²) in [5, 5.41) is 5.89. The van der Waals surface area contributed by atoms with Crippen molar-refractivity contribution in [1.82, 2.24) is 20.2 Å². The van der Waals surface area contributed by atoms with Gasteiger partial charge in [-0.1, -0.05) is 13.8 Å². The second-order valence-electron chi connectivity index (χ2n) is 11.0. The highest BCUT2D eigenvalue weighted by Crippen LogP contribution is 2.34. The molecular formula is C28H40N6O3. The normalized spacial score (nSPS) is 17.9. The summed E-state index contributed by atoms with van der Waals surface area (Å²) >= 11 is 0. The molecule has 1 saturated carbocycles. The molecule has 0 bridgehead atoms. The van der Waals surface area contributed by atoms with Gasteiger partial charge in [-0.15, -0.1) is 0 Å². The van der Waals surface area contributed by atoms with Gasteiger partial charge in [0.05, 0.1) is 12.8 Å². The first-order chi connectivity index (χ1) is 17.6. The van der Waals surface area contributed by atoms with Crippen molar-refractivity contribution in [3.05, 3.63) is 35.5 Å². The molecule has 200 valence electrons. The van der Waals surface area contributed by atoms with Crippen LogP contribution in [-0.2, 0) is 4.79 Å². The van der Waals surface area contributed by atoms with Crippen molar-refractivity contribution in [3.8, 4) is 5.75 Å². The molecule has 2 aliphatic rings. The van der Waals surface area contributed by atoms with Gasteiger partial charge in [-0.05, 0) is 57.2 Å². The van der Waals surface area contributed by atoms with Crippen molar-refractivity contribution in [2.45, 2.75) is 53.0 Å². The maximum Gasteiger partial charge on any atom is 0.251 e. The molecule has 4 rings (SSSR count). The van der Waals surface area contributed by atoms with E-state index in [0.717, 1.165) is 36.8 Å². The topological polar surface area (TPSA) is 99.7 Å². The third kappa shape index (κ3) is 6.39. The van der Waals surface area contributed by atoms with E-state index in [0.29, 0.717) is 29.5 Å². The molecule has 37 heavy (non-hydrogen) atoms. The lowest BCUT2D eigenvalue weighted by Gasteiger charge is -2.37. The number of ether oxygens (including phenoxy) is 1. The van der Waals surface area contributed by atoms with Gasteiger partial charge in [0, 0.05) is 62.0 Å². The van der Waals surface area contributed by atoms with Gasteiger partial charge in [-0.3, -0.25) is 9.59 Å². The van der Waals surface area contributed by atoms with Crippen LogP contribution < -0.4 is 20.3 Å². The number of hydrogen-bond donors (Lipinski definition) is 2. The fraction of sp³-hybridized carbons (Fsp3) is 0.571. The Hall–Kier alpha value is -3.20. The van der Waals surface area contributed by atoms with Gasteiger partial charge < -0.3 is 25.2 Å². The molecular weight excluding hydrogens is 468 g/mol. The number of hydrogen-bond acceptors (Lipinski definition) is 8. The molecule has 2 heterocycles. The van der Waals surface area contributed by atoms with Crippen molar-refractivity contribution in [2.24, 2.45) is 11.3 Å². The lowest BCUT2D eigenvalue weighted by Crippen LogP contribution is -2.46. The minimum Gasteiger partial charge on any atom is -0.495 e. The highest BCUT2D eigenvalue weighted by molar-refractivity contribution is 5.95. The Kier molecular flexibility index (Phi) is 8.02. The number of anilines is 3. The quantitative estimate of drug-likeness (QED) is 0.473. The molecule has 0 unspecified atom stereocenters. The van der Waals surface area contributed by atoms with Crippen LogP contribution >= 0.6 is 0 Å². The zero-order valence-electron chi connectivity index (χ0n) is 22.9. The van der Waals surface area contributed by atoms with E-state index in [9.17, 15) is 9.59 Å². The average molecular weight is 509 g/mol. The number of rotatable bonds is 11. The second-order valence-corrected chi connectivity index (χ2v) is 11.0. The second kappa shape index (κ2) is 11.0. The van der Waals surface area contributed by atoms with Crippen LogP contribution in [0.1, 0.15) is 56.0 Å². The Morgan fingerprint density at radius 3 is 2.65 bits per heavy atom. The number of aryl methyl sites for hydroxylation is 1. The van der Waals surface area contributed by atoms with Crippen LogP contribution in [0.4, 0.5) is 17.5 Å². The minimum atomic E-state index is -0.506. The lowest BCUT2D eigenvalue weighted by molar-refractivity contribution is -0.124. The Bertz CT molecular complexity index is 1150. The summed E-state index contributed by atoms with van der Waals surface area (Å²) < 4.78 is 5.52. The average Bonchev–Trinajstić information content (AvgIpc) is 3.57. The standard InChI is InChI=1S/C28H40N6O3/c1-18-14-30-27(31-23-10-9-21(26(36)29-5)13-24(23)37-6)32-25(18)34(17-28(3,4)19(2)35)22-11-12-33(16-22)15-20-7-8-20/h9-10,13-14,20,22H,7-8,11-12,15-17H2,1-6H3,(H,29,36)(H,30,31,32)/t22-/m1/s1. The molecule has 2 fully saturated rings. The van der Waals surface area contributed by atoms with Gasteiger partial charge in [0.2, 0.25) is 5.95 Å². The molecule has 2 aromatic rings. The number of likely N-dealkylation sites (tertiary alicyclic amines) is 1. The number of carbonyl (C=O) groups is 2. The van der Waals surface area contributed by atoms with E-state index in [1.165, 1.54) is 19.4 Å². The number of Topliss-reactive ketones (excluding diaryl/α,β-unsaturated/α-hetero) is 1. The first-order valence-corrected chi connectivity index (χ1v) is 13.1. The summed E-state index contributed by atoms with van der Waals surface area (Å²) in [6, 6.07) is 5.48. The number of nitrogens with zero attached hydrogens (tertiary/aromatic N) is 4. The predicted octanol–water partition coefficient (Wildman–Crippen LogP) is 3.80. The SMILES string of the molecule is CNC(=O)c1ccc(Nc2ncc(C)c(N(CC(C)(C)C(C)=O)[C@@H]3CCN(CC4CC4)C3)n2)c(OC)c1. The number of carbonyl (C=O) groups excluding carboxylic acids is 2. The molecule has 1 saturated heterocycles. The van der Waals surface area contributed by atoms with Gasteiger partial charge in [0.25, 0.3) is 5.91 Å². The Balaban J connectivity index is 1.62.